The third-order valence-corrected chi connectivity index (χ3v) is 1.30. The first-order valence-corrected chi connectivity index (χ1v) is 3.19. The molecule has 0 aromatic rings. The molecule has 0 rings (SSSR count). The first kappa shape index (κ1) is 10.4. The molecule has 0 aliphatic rings. The molecular weight excluding hydrogens is 154 g/mol. The second-order valence-corrected chi connectivity index (χ2v) is 2.73. The van der Waals surface area contributed by atoms with Gasteiger partial charge in [-0.05, 0) is 6.92 Å². The van der Waals surface area contributed by atoms with E-state index < -0.39 is 17.7 Å². The molecule has 0 radical (unpaired) electrons. The summed E-state index contributed by atoms with van der Waals surface area (Å²) < 4.78 is 24.0. The monoisotopic (exact) mass is 166 g/mol. The Labute approximate surface area is 63.7 Å². The van der Waals surface area contributed by atoms with Gasteiger partial charge in [-0.2, -0.15) is 0 Å². The van der Waals surface area contributed by atoms with Crippen LogP contribution in [0.2, 0.25) is 0 Å². The first-order chi connectivity index (χ1) is 4.90. The van der Waals surface area contributed by atoms with E-state index in [1.54, 1.807) is 0 Å². The van der Waals surface area contributed by atoms with Gasteiger partial charge in [-0.25, -0.2) is 8.78 Å². The lowest BCUT2D eigenvalue weighted by atomic mass is 9.97. The predicted octanol–water partition coefficient (Wildman–Crippen LogP) is -0.113. The summed E-state index contributed by atoms with van der Waals surface area (Å²) in [6, 6.07) is 0. The molecule has 0 aliphatic carbocycles. The molecule has 0 amide bonds. The van der Waals surface area contributed by atoms with Crippen molar-refractivity contribution in [2.75, 3.05) is 6.54 Å². The number of hydrogen-bond donors (Lipinski definition) is 2. The Morgan fingerprint density at radius 1 is 1.64 bits per heavy atom. The number of carbonyl (C=O) groups is 1. The van der Waals surface area contributed by atoms with E-state index >= 15 is 0 Å². The highest BCUT2D eigenvalue weighted by molar-refractivity contribution is 5.81. The highest BCUT2D eigenvalue weighted by atomic mass is 19.3. The molecule has 0 aromatic heterocycles. The predicted molar refractivity (Wildman–Crippen MR) is 37.3 cm³/mol. The van der Waals surface area contributed by atoms with Gasteiger partial charge >= 0.3 is 0 Å². The van der Waals surface area contributed by atoms with Crippen LogP contribution in [0.25, 0.3) is 0 Å². The standard InChI is InChI=1S/C6H12F2N2O/c1-6(10,5(7)8)2-4(11)3-9/h5H,2-3,9-10H2,1H3. The average Bonchev–Trinajstić information content (AvgIpc) is 1.86. The van der Waals surface area contributed by atoms with Crippen molar-refractivity contribution >= 4 is 5.78 Å². The van der Waals surface area contributed by atoms with Crippen LogP contribution in [0.4, 0.5) is 8.78 Å². The largest absolute Gasteiger partial charge is 0.324 e. The van der Waals surface area contributed by atoms with Gasteiger partial charge < -0.3 is 11.5 Å². The van der Waals surface area contributed by atoms with Crippen molar-refractivity contribution in [2.24, 2.45) is 11.5 Å². The second kappa shape index (κ2) is 3.73. The summed E-state index contributed by atoms with van der Waals surface area (Å²) in [6.07, 6.45) is -3.07. The number of rotatable bonds is 4. The first-order valence-electron chi connectivity index (χ1n) is 3.19. The van der Waals surface area contributed by atoms with E-state index in [4.69, 9.17) is 11.5 Å². The molecule has 5 heteroatoms. The molecule has 11 heavy (non-hydrogen) atoms. The fraction of sp³-hybridized carbons (Fsp3) is 0.833. The van der Waals surface area contributed by atoms with E-state index in [-0.39, 0.29) is 13.0 Å². The van der Waals surface area contributed by atoms with Crippen molar-refractivity contribution in [1.29, 1.82) is 0 Å². The van der Waals surface area contributed by atoms with Crippen LogP contribution in [0.15, 0.2) is 0 Å². The van der Waals surface area contributed by atoms with Crippen molar-refractivity contribution < 1.29 is 13.6 Å². The minimum atomic E-state index is -2.70. The molecule has 0 saturated heterocycles. The lowest BCUT2D eigenvalue weighted by Gasteiger charge is -2.21. The number of ketones is 1. The van der Waals surface area contributed by atoms with Crippen LogP contribution in [0.3, 0.4) is 0 Å². The SMILES string of the molecule is CC(N)(CC(=O)CN)C(F)F. The van der Waals surface area contributed by atoms with E-state index in [0.717, 1.165) is 6.92 Å². The van der Waals surface area contributed by atoms with Crippen molar-refractivity contribution in [2.45, 2.75) is 25.3 Å². The Kier molecular flexibility index (Phi) is 3.54. The van der Waals surface area contributed by atoms with Crippen molar-refractivity contribution in [3.63, 3.8) is 0 Å². The molecule has 4 N–H and O–H groups in total. The highest BCUT2D eigenvalue weighted by Crippen LogP contribution is 2.15. The number of hydrogen-bond acceptors (Lipinski definition) is 3. The highest BCUT2D eigenvalue weighted by Gasteiger charge is 2.32. The Morgan fingerprint density at radius 2 is 2.09 bits per heavy atom. The molecule has 0 aliphatic heterocycles. The molecule has 0 aromatic carbocycles. The number of Topliss-reactive ketones (excluding diaryl/α,β-unsaturated/α-hetero) is 1. The molecular formula is C6H12F2N2O. The minimum Gasteiger partial charge on any atom is -0.324 e. The summed E-state index contributed by atoms with van der Waals surface area (Å²) >= 11 is 0. The molecule has 1 unspecified atom stereocenters. The van der Waals surface area contributed by atoms with E-state index in [0.29, 0.717) is 0 Å². The zero-order valence-corrected chi connectivity index (χ0v) is 6.31. The van der Waals surface area contributed by atoms with Crippen LogP contribution in [-0.4, -0.2) is 24.3 Å². The van der Waals surface area contributed by atoms with Gasteiger partial charge in [-0.3, -0.25) is 4.79 Å². The smallest absolute Gasteiger partial charge is 0.256 e. The van der Waals surface area contributed by atoms with E-state index in [9.17, 15) is 13.6 Å². The topological polar surface area (TPSA) is 69.1 Å². The number of carbonyl (C=O) groups excluding carboxylic acids is 1. The van der Waals surface area contributed by atoms with Gasteiger partial charge in [0.2, 0.25) is 0 Å². The quantitative estimate of drug-likeness (QED) is 0.612. The lowest BCUT2D eigenvalue weighted by molar-refractivity contribution is -0.120. The van der Waals surface area contributed by atoms with Gasteiger partial charge in [0, 0.05) is 6.42 Å². The van der Waals surface area contributed by atoms with E-state index in [1.807, 2.05) is 0 Å². The van der Waals surface area contributed by atoms with Crippen LogP contribution >= 0.6 is 0 Å². The van der Waals surface area contributed by atoms with Gasteiger partial charge in [0.1, 0.15) is 5.78 Å². The van der Waals surface area contributed by atoms with E-state index in [2.05, 4.69) is 0 Å². The third kappa shape index (κ3) is 3.38. The Balaban J connectivity index is 4.01. The molecule has 1 atom stereocenters. The fourth-order valence-corrected chi connectivity index (χ4v) is 0.574. The van der Waals surface area contributed by atoms with Crippen molar-refractivity contribution in [3.05, 3.63) is 0 Å². The number of alkyl halides is 2. The summed E-state index contributed by atoms with van der Waals surface area (Å²) in [5, 5.41) is 0. The van der Waals surface area contributed by atoms with Crippen LogP contribution < -0.4 is 11.5 Å². The third-order valence-electron chi connectivity index (χ3n) is 1.30. The molecule has 0 bridgehead atoms. The van der Waals surface area contributed by atoms with Crippen molar-refractivity contribution in [3.8, 4) is 0 Å². The van der Waals surface area contributed by atoms with E-state index in [1.165, 1.54) is 0 Å². The fourth-order valence-electron chi connectivity index (χ4n) is 0.574. The van der Waals surface area contributed by atoms with Gasteiger partial charge in [0.15, 0.2) is 0 Å². The van der Waals surface area contributed by atoms with Crippen LogP contribution in [0.5, 0.6) is 0 Å². The molecule has 3 nitrogen and oxygen atoms in total. The maximum absolute atomic E-state index is 12.0. The lowest BCUT2D eigenvalue weighted by Crippen LogP contribution is -2.46. The molecule has 0 saturated carbocycles. The maximum Gasteiger partial charge on any atom is 0.256 e. The molecule has 0 spiro atoms. The van der Waals surface area contributed by atoms with Crippen LogP contribution in [0.1, 0.15) is 13.3 Å². The summed E-state index contributed by atoms with van der Waals surface area (Å²) in [6.45, 7) is 0.894. The summed E-state index contributed by atoms with van der Waals surface area (Å²) in [4.78, 5) is 10.6. The Hall–Kier alpha value is -0.550. The summed E-state index contributed by atoms with van der Waals surface area (Å²) in [7, 11) is 0. The zero-order chi connectivity index (χ0) is 9.07. The summed E-state index contributed by atoms with van der Waals surface area (Å²) in [5.41, 5.74) is 8.30. The normalized spacial score (nSPS) is 16.5. The van der Waals surface area contributed by atoms with Crippen molar-refractivity contribution in [1.82, 2.24) is 0 Å². The van der Waals surface area contributed by atoms with Gasteiger partial charge in [0.05, 0.1) is 12.1 Å². The van der Waals surface area contributed by atoms with Gasteiger partial charge in [-0.15, -0.1) is 0 Å². The number of nitrogens with two attached hydrogens (primary N) is 2. The molecule has 0 fully saturated rings. The second-order valence-electron chi connectivity index (χ2n) is 2.73. The minimum absolute atomic E-state index is 0.237. The molecule has 66 valence electrons. The maximum atomic E-state index is 12.0. The molecule has 0 heterocycles. The zero-order valence-electron chi connectivity index (χ0n) is 6.31. The Morgan fingerprint density at radius 3 is 2.36 bits per heavy atom. The van der Waals surface area contributed by atoms with Gasteiger partial charge in [0.25, 0.3) is 6.43 Å². The average molecular weight is 166 g/mol. The summed E-state index contributed by atoms with van der Waals surface area (Å²) in [5.74, 6) is -0.449. The van der Waals surface area contributed by atoms with Gasteiger partial charge in [-0.1, -0.05) is 0 Å². The Bertz CT molecular complexity index is 148. The number of halogens is 2. The van der Waals surface area contributed by atoms with Crippen LogP contribution in [0, 0.1) is 0 Å². The van der Waals surface area contributed by atoms with Crippen LogP contribution in [-0.2, 0) is 4.79 Å².